The van der Waals surface area contributed by atoms with Gasteiger partial charge >= 0.3 is 0 Å². The number of fused-ring (bicyclic) bond motifs is 1. The van der Waals surface area contributed by atoms with E-state index in [2.05, 4.69) is 20.5 Å². The number of nitrogens with zero attached hydrogens (tertiary/aromatic N) is 3. The number of benzene rings is 3. The molecule has 8 heteroatoms. The molecule has 36 heavy (non-hydrogen) atoms. The predicted molar refractivity (Wildman–Crippen MR) is 141 cm³/mol. The third-order valence-corrected chi connectivity index (χ3v) is 5.95. The van der Waals surface area contributed by atoms with Gasteiger partial charge < -0.3 is 15.5 Å². The van der Waals surface area contributed by atoms with Crippen molar-refractivity contribution in [3.05, 3.63) is 124 Å². The summed E-state index contributed by atoms with van der Waals surface area (Å²) in [6, 6.07) is 27.6. The van der Waals surface area contributed by atoms with Gasteiger partial charge in [0.05, 0.1) is 16.2 Å². The zero-order chi connectivity index (χ0) is 25.1. The molecule has 1 aliphatic heterocycles. The van der Waals surface area contributed by atoms with Gasteiger partial charge in [-0.15, -0.1) is 0 Å². The number of carbonyl (C=O) groups excluding carboxylic acids is 1. The second kappa shape index (κ2) is 9.71. The highest BCUT2D eigenvalue weighted by atomic mass is 16.6. The maximum Gasteiger partial charge on any atom is 0.270 e. The molecule has 8 nitrogen and oxygen atoms in total. The molecule has 4 aromatic rings. The molecule has 0 saturated heterocycles. The van der Waals surface area contributed by atoms with E-state index in [1.54, 1.807) is 12.3 Å². The van der Waals surface area contributed by atoms with Crippen LogP contribution in [0.1, 0.15) is 16.7 Å². The SMILES string of the molecule is CN(Cc1ccc(N/C(=C2\C(=O)Nc3ccc([N+](=O)[O-])cc32)c2ccccc2)cc1)c1ccccn1. The second-order valence-electron chi connectivity index (χ2n) is 8.42. The summed E-state index contributed by atoms with van der Waals surface area (Å²) in [6.45, 7) is 0.684. The van der Waals surface area contributed by atoms with Crippen LogP contribution in [0, 0.1) is 10.1 Å². The molecule has 1 aromatic heterocycles. The third-order valence-electron chi connectivity index (χ3n) is 5.95. The molecule has 0 unspecified atom stereocenters. The van der Waals surface area contributed by atoms with Crippen LogP contribution in [0.5, 0.6) is 0 Å². The van der Waals surface area contributed by atoms with Crippen LogP contribution in [-0.2, 0) is 11.3 Å². The molecule has 0 aliphatic carbocycles. The Kier molecular flexibility index (Phi) is 6.15. The van der Waals surface area contributed by atoms with E-state index in [9.17, 15) is 14.9 Å². The summed E-state index contributed by atoms with van der Waals surface area (Å²) in [5.74, 6) is 0.571. The van der Waals surface area contributed by atoms with Crippen LogP contribution in [0.2, 0.25) is 0 Å². The first-order valence-electron chi connectivity index (χ1n) is 11.4. The van der Waals surface area contributed by atoms with E-state index in [4.69, 9.17) is 0 Å². The Bertz CT molecular complexity index is 1450. The van der Waals surface area contributed by atoms with Crippen molar-refractivity contribution in [3.8, 4) is 0 Å². The summed E-state index contributed by atoms with van der Waals surface area (Å²) in [5.41, 5.74) is 4.58. The first-order valence-corrected chi connectivity index (χ1v) is 11.4. The molecule has 0 radical (unpaired) electrons. The molecule has 1 amide bonds. The number of anilines is 3. The Hall–Kier alpha value is -4.98. The summed E-state index contributed by atoms with van der Waals surface area (Å²) in [5, 5.41) is 17.6. The number of hydrogen-bond donors (Lipinski definition) is 2. The average molecular weight is 478 g/mol. The fraction of sp³-hybridized carbons (Fsp3) is 0.0714. The lowest BCUT2D eigenvalue weighted by molar-refractivity contribution is -0.384. The van der Waals surface area contributed by atoms with Crippen molar-refractivity contribution < 1.29 is 9.72 Å². The Labute approximate surface area is 208 Å². The zero-order valence-corrected chi connectivity index (χ0v) is 19.5. The first kappa shape index (κ1) is 22.8. The fourth-order valence-corrected chi connectivity index (χ4v) is 4.17. The second-order valence-corrected chi connectivity index (χ2v) is 8.42. The normalized spacial score (nSPS) is 13.5. The minimum absolute atomic E-state index is 0.0726. The minimum Gasteiger partial charge on any atom is -0.355 e. The van der Waals surface area contributed by atoms with E-state index < -0.39 is 4.92 Å². The number of carbonyl (C=O) groups is 1. The molecule has 2 N–H and O–H groups in total. The van der Waals surface area contributed by atoms with Crippen LogP contribution in [-0.4, -0.2) is 22.9 Å². The van der Waals surface area contributed by atoms with E-state index in [0.29, 0.717) is 29.1 Å². The van der Waals surface area contributed by atoms with E-state index >= 15 is 0 Å². The van der Waals surface area contributed by atoms with Crippen molar-refractivity contribution in [3.63, 3.8) is 0 Å². The Balaban J connectivity index is 1.49. The molecule has 3 aromatic carbocycles. The van der Waals surface area contributed by atoms with Crippen molar-refractivity contribution >= 4 is 40.1 Å². The largest absolute Gasteiger partial charge is 0.355 e. The van der Waals surface area contributed by atoms with Gasteiger partial charge in [-0.25, -0.2) is 4.98 Å². The van der Waals surface area contributed by atoms with Crippen LogP contribution in [0.15, 0.2) is 97.2 Å². The van der Waals surface area contributed by atoms with Crippen LogP contribution in [0.4, 0.5) is 22.9 Å². The van der Waals surface area contributed by atoms with E-state index in [1.807, 2.05) is 79.8 Å². The van der Waals surface area contributed by atoms with Crippen LogP contribution in [0.3, 0.4) is 0 Å². The molecule has 2 heterocycles. The van der Waals surface area contributed by atoms with Crippen molar-refractivity contribution in [2.45, 2.75) is 6.54 Å². The number of aromatic nitrogens is 1. The van der Waals surface area contributed by atoms with Crippen LogP contribution >= 0.6 is 0 Å². The van der Waals surface area contributed by atoms with Crippen molar-refractivity contribution in [2.24, 2.45) is 0 Å². The van der Waals surface area contributed by atoms with Gasteiger partial charge in [0.25, 0.3) is 11.6 Å². The lowest BCUT2D eigenvalue weighted by Crippen LogP contribution is -2.17. The van der Waals surface area contributed by atoms with Gasteiger partial charge in [0.2, 0.25) is 0 Å². The summed E-state index contributed by atoms with van der Waals surface area (Å²) < 4.78 is 0. The zero-order valence-electron chi connectivity index (χ0n) is 19.5. The number of nitro benzene ring substituents is 1. The number of nitro groups is 1. The topological polar surface area (TPSA) is 100 Å². The van der Waals surface area contributed by atoms with Gasteiger partial charge in [0, 0.05) is 48.9 Å². The molecule has 0 atom stereocenters. The molecule has 1 aliphatic rings. The van der Waals surface area contributed by atoms with Gasteiger partial charge in [0.1, 0.15) is 5.82 Å². The van der Waals surface area contributed by atoms with Crippen LogP contribution < -0.4 is 15.5 Å². The molecule has 5 rings (SSSR count). The Morgan fingerprint density at radius 1 is 1.00 bits per heavy atom. The predicted octanol–water partition coefficient (Wildman–Crippen LogP) is 5.56. The number of pyridine rings is 1. The monoisotopic (exact) mass is 477 g/mol. The quantitative estimate of drug-likeness (QED) is 0.205. The van der Waals surface area contributed by atoms with Crippen LogP contribution in [0.25, 0.3) is 11.3 Å². The summed E-state index contributed by atoms with van der Waals surface area (Å²) in [6.07, 6.45) is 1.77. The van der Waals surface area contributed by atoms with Gasteiger partial charge in [-0.2, -0.15) is 0 Å². The molecule has 0 bridgehead atoms. The third kappa shape index (κ3) is 4.65. The summed E-state index contributed by atoms with van der Waals surface area (Å²) in [7, 11) is 1.99. The highest BCUT2D eigenvalue weighted by Gasteiger charge is 2.30. The van der Waals surface area contributed by atoms with E-state index in [0.717, 1.165) is 22.6 Å². The molecule has 0 fully saturated rings. The average Bonchev–Trinajstić information content (AvgIpc) is 3.24. The summed E-state index contributed by atoms with van der Waals surface area (Å²) >= 11 is 0. The first-order chi connectivity index (χ1) is 17.5. The maximum absolute atomic E-state index is 13.0. The smallest absolute Gasteiger partial charge is 0.270 e. The van der Waals surface area contributed by atoms with Crippen molar-refractivity contribution in [2.75, 3.05) is 22.6 Å². The van der Waals surface area contributed by atoms with E-state index in [-0.39, 0.29) is 11.6 Å². The van der Waals surface area contributed by atoms with E-state index in [1.165, 1.54) is 12.1 Å². The van der Waals surface area contributed by atoms with Gasteiger partial charge in [-0.3, -0.25) is 14.9 Å². The molecular formula is C28H23N5O3. The number of amides is 1. The Morgan fingerprint density at radius 2 is 1.75 bits per heavy atom. The highest BCUT2D eigenvalue weighted by Crippen LogP contribution is 2.39. The summed E-state index contributed by atoms with van der Waals surface area (Å²) in [4.78, 5) is 30.4. The van der Waals surface area contributed by atoms with Gasteiger partial charge in [-0.1, -0.05) is 48.5 Å². The molecule has 178 valence electrons. The standard InChI is InChI=1S/C28H23N5O3/c1-32(25-9-5-6-16-29-25)18-19-10-12-21(13-11-19)30-27(20-7-3-2-4-8-20)26-23-17-22(33(35)36)14-15-24(23)31-28(26)34/h2-17,30H,18H2,1H3,(H,31,34)/b27-26-. The number of rotatable bonds is 7. The van der Waals surface area contributed by atoms with Gasteiger partial charge in [0.15, 0.2) is 0 Å². The number of nitrogens with one attached hydrogen (secondary N) is 2. The maximum atomic E-state index is 13.0. The minimum atomic E-state index is -0.461. The lowest BCUT2D eigenvalue weighted by atomic mass is 9.99. The number of hydrogen-bond acceptors (Lipinski definition) is 6. The van der Waals surface area contributed by atoms with Gasteiger partial charge in [-0.05, 0) is 41.5 Å². The molecule has 0 saturated carbocycles. The van der Waals surface area contributed by atoms with Crippen molar-refractivity contribution in [1.29, 1.82) is 0 Å². The highest BCUT2D eigenvalue weighted by molar-refractivity contribution is 6.37. The lowest BCUT2D eigenvalue weighted by Gasteiger charge is -2.19. The fourth-order valence-electron chi connectivity index (χ4n) is 4.17. The van der Waals surface area contributed by atoms with Crippen molar-refractivity contribution in [1.82, 2.24) is 4.98 Å². The molecular weight excluding hydrogens is 454 g/mol. The number of non-ortho nitro benzene ring substituents is 1. The molecule has 0 spiro atoms. The Morgan fingerprint density at radius 3 is 2.44 bits per heavy atom.